The number of hydrogen-bond acceptors (Lipinski definition) is 2. The largest absolute Gasteiger partial charge is 0.399 e. The number of rotatable bonds is 5. The second-order valence-electron chi connectivity index (χ2n) is 12.1. The lowest BCUT2D eigenvalue weighted by Gasteiger charge is -2.26. The Kier molecular flexibility index (Phi) is 6.33. The lowest BCUT2D eigenvalue weighted by molar-refractivity contribution is 1.33. The maximum atomic E-state index is 6.29. The van der Waals surface area contributed by atoms with Crippen molar-refractivity contribution in [2.75, 3.05) is 5.73 Å². The third-order valence-electron chi connectivity index (χ3n) is 9.45. The highest BCUT2D eigenvalue weighted by Crippen LogP contribution is 2.60. The van der Waals surface area contributed by atoms with Crippen molar-refractivity contribution in [3.63, 3.8) is 0 Å². The van der Waals surface area contributed by atoms with E-state index >= 15 is 0 Å². The van der Waals surface area contributed by atoms with Crippen molar-refractivity contribution in [2.24, 2.45) is 0 Å². The van der Waals surface area contributed by atoms with Gasteiger partial charge in [-0.05, 0) is 113 Å². The van der Waals surface area contributed by atoms with Crippen LogP contribution >= 0.6 is 0 Å². The molecule has 8 aromatic rings. The molecule has 1 aliphatic carbocycles. The van der Waals surface area contributed by atoms with Gasteiger partial charge in [-0.3, -0.25) is 4.98 Å². The average molecular weight is 599 g/mol. The Labute approximate surface area is 274 Å². The monoisotopic (exact) mass is 598 g/mol. The zero-order valence-corrected chi connectivity index (χ0v) is 25.7. The van der Waals surface area contributed by atoms with Gasteiger partial charge in [-0.2, -0.15) is 0 Å². The van der Waals surface area contributed by atoms with Crippen molar-refractivity contribution in [3.8, 4) is 77.9 Å². The normalized spacial score (nSPS) is 11.5. The molecule has 0 bridgehead atoms. The van der Waals surface area contributed by atoms with Gasteiger partial charge >= 0.3 is 0 Å². The second kappa shape index (κ2) is 11.0. The maximum absolute atomic E-state index is 6.29. The molecule has 47 heavy (non-hydrogen) atoms. The van der Waals surface area contributed by atoms with E-state index in [0.717, 1.165) is 27.9 Å². The van der Waals surface area contributed by atoms with Crippen molar-refractivity contribution in [1.29, 1.82) is 0 Å². The van der Waals surface area contributed by atoms with E-state index in [2.05, 4.69) is 151 Å². The predicted molar refractivity (Wildman–Crippen MR) is 198 cm³/mol. The molecule has 220 valence electrons. The number of nitrogens with two attached hydrogens (primary N) is 1. The van der Waals surface area contributed by atoms with Crippen LogP contribution in [0.15, 0.2) is 170 Å². The summed E-state index contributed by atoms with van der Waals surface area (Å²) in [6.07, 6.45) is 3.70. The number of anilines is 1. The molecule has 7 aromatic carbocycles. The minimum absolute atomic E-state index is 0.750. The van der Waals surface area contributed by atoms with Crippen LogP contribution in [-0.2, 0) is 0 Å². The zero-order valence-electron chi connectivity index (χ0n) is 25.7. The summed E-state index contributed by atoms with van der Waals surface area (Å²) < 4.78 is 0. The first-order valence-corrected chi connectivity index (χ1v) is 16.0. The molecule has 0 aliphatic heterocycles. The summed E-state index contributed by atoms with van der Waals surface area (Å²) in [7, 11) is 0. The molecule has 1 heterocycles. The minimum atomic E-state index is 0.750. The Morgan fingerprint density at radius 2 is 0.723 bits per heavy atom. The van der Waals surface area contributed by atoms with Crippen molar-refractivity contribution in [3.05, 3.63) is 170 Å². The van der Waals surface area contributed by atoms with Gasteiger partial charge in [-0.1, -0.05) is 133 Å². The van der Waals surface area contributed by atoms with Gasteiger partial charge in [0.2, 0.25) is 0 Å². The Balaban J connectivity index is 1.49. The summed E-state index contributed by atoms with van der Waals surface area (Å²) in [5, 5.41) is 2.57. The standard InChI is InChI=1S/C45H30N2/c46-36-23-21-35(22-24-36)41-40(34-19-17-29(18-20-34)30-25-27-47-28-26-30)42(32-9-3-1-4-10-32)44-37-15-7-13-31-14-8-16-38(39(31)37)45(44)43(41)33-11-5-2-6-12-33/h1-28H,46H2. The van der Waals surface area contributed by atoms with Gasteiger partial charge in [-0.25, -0.2) is 0 Å². The van der Waals surface area contributed by atoms with E-state index in [-0.39, 0.29) is 0 Å². The van der Waals surface area contributed by atoms with Crippen LogP contribution in [0.25, 0.3) is 88.7 Å². The number of hydrogen-bond donors (Lipinski definition) is 1. The van der Waals surface area contributed by atoms with E-state index in [4.69, 9.17) is 5.73 Å². The molecule has 0 amide bonds. The van der Waals surface area contributed by atoms with Gasteiger partial charge in [0.15, 0.2) is 0 Å². The van der Waals surface area contributed by atoms with E-state index in [1.54, 1.807) is 0 Å². The SMILES string of the molecule is Nc1ccc(-c2c(-c3ccc(-c4ccncc4)cc3)c(-c3ccccc3)c3c(c2-c2ccccc2)-c2cccc4cccc-3c24)cc1. The first-order chi connectivity index (χ1) is 23.3. The number of nitrogen functional groups attached to an aromatic ring is 1. The van der Waals surface area contributed by atoms with Crippen molar-refractivity contribution in [1.82, 2.24) is 4.98 Å². The predicted octanol–water partition coefficient (Wildman–Crippen LogP) is 11.8. The second-order valence-corrected chi connectivity index (χ2v) is 12.1. The Morgan fingerprint density at radius 3 is 1.23 bits per heavy atom. The number of aromatic nitrogens is 1. The Bertz CT molecular complexity index is 2410. The summed E-state index contributed by atoms with van der Waals surface area (Å²) in [6, 6.07) is 56.8. The molecule has 0 saturated heterocycles. The van der Waals surface area contributed by atoms with Crippen molar-refractivity contribution in [2.45, 2.75) is 0 Å². The lowest BCUT2D eigenvalue weighted by Crippen LogP contribution is -1.99. The van der Waals surface area contributed by atoms with Gasteiger partial charge in [0.25, 0.3) is 0 Å². The van der Waals surface area contributed by atoms with Crippen LogP contribution in [0.3, 0.4) is 0 Å². The molecule has 0 unspecified atom stereocenters. The van der Waals surface area contributed by atoms with Crippen molar-refractivity contribution < 1.29 is 0 Å². The molecular formula is C45H30N2. The third-order valence-corrected chi connectivity index (χ3v) is 9.45. The zero-order chi connectivity index (χ0) is 31.3. The number of nitrogens with zero attached hydrogens (tertiary/aromatic N) is 1. The number of benzene rings is 7. The highest BCUT2D eigenvalue weighted by atomic mass is 14.6. The van der Waals surface area contributed by atoms with Crippen LogP contribution in [0.5, 0.6) is 0 Å². The van der Waals surface area contributed by atoms with Gasteiger partial charge < -0.3 is 5.73 Å². The fourth-order valence-electron chi connectivity index (χ4n) is 7.43. The van der Waals surface area contributed by atoms with Gasteiger partial charge in [0.1, 0.15) is 0 Å². The average Bonchev–Trinajstić information content (AvgIpc) is 3.47. The van der Waals surface area contributed by atoms with E-state index in [9.17, 15) is 0 Å². The molecule has 0 radical (unpaired) electrons. The van der Waals surface area contributed by atoms with Gasteiger partial charge in [0, 0.05) is 18.1 Å². The summed E-state index contributed by atoms with van der Waals surface area (Å²) in [6.45, 7) is 0. The van der Waals surface area contributed by atoms with Crippen LogP contribution in [-0.4, -0.2) is 4.98 Å². The van der Waals surface area contributed by atoms with E-state index < -0.39 is 0 Å². The highest BCUT2D eigenvalue weighted by molar-refractivity contribution is 6.25. The molecule has 9 rings (SSSR count). The van der Waals surface area contributed by atoms with Crippen LogP contribution in [0, 0.1) is 0 Å². The first-order valence-electron chi connectivity index (χ1n) is 16.0. The summed E-state index contributed by atoms with van der Waals surface area (Å²) in [5.41, 5.74) is 24.1. The van der Waals surface area contributed by atoms with E-state index in [1.165, 1.54) is 66.4 Å². The van der Waals surface area contributed by atoms with Gasteiger partial charge in [-0.15, -0.1) is 0 Å². The molecule has 2 heteroatoms. The van der Waals surface area contributed by atoms with E-state index in [0.29, 0.717) is 0 Å². The topological polar surface area (TPSA) is 38.9 Å². The maximum Gasteiger partial charge on any atom is 0.0314 e. The molecule has 0 spiro atoms. The molecule has 1 aliphatic rings. The van der Waals surface area contributed by atoms with Crippen LogP contribution < -0.4 is 5.73 Å². The number of fused-ring (bicyclic) bond motifs is 3. The summed E-state index contributed by atoms with van der Waals surface area (Å²) in [5.74, 6) is 0. The minimum Gasteiger partial charge on any atom is -0.399 e. The first kappa shape index (κ1) is 27.1. The third kappa shape index (κ3) is 4.38. The summed E-state index contributed by atoms with van der Waals surface area (Å²) >= 11 is 0. The van der Waals surface area contributed by atoms with Crippen LogP contribution in [0.1, 0.15) is 0 Å². The quantitative estimate of drug-likeness (QED) is 0.200. The summed E-state index contributed by atoms with van der Waals surface area (Å²) in [4.78, 5) is 4.23. The van der Waals surface area contributed by atoms with Crippen LogP contribution in [0.2, 0.25) is 0 Å². The molecule has 0 atom stereocenters. The smallest absolute Gasteiger partial charge is 0.0314 e. The molecule has 0 saturated carbocycles. The molecule has 2 nitrogen and oxygen atoms in total. The molecule has 0 fully saturated rings. The Morgan fingerprint density at radius 1 is 0.319 bits per heavy atom. The van der Waals surface area contributed by atoms with Gasteiger partial charge in [0.05, 0.1) is 0 Å². The number of pyridine rings is 1. The molecular weight excluding hydrogens is 569 g/mol. The Hall–Kier alpha value is -6.25. The lowest BCUT2D eigenvalue weighted by atomic mass is 9.76. The van der Waals surface area contributed by atoms with Crippen LogP contribution in [0.4, 0.5) is 5.69 Å². The van der Waals surface area contributed by atoms with E-state index in [1.807, 2.05) is 24.5 Å². The van der Waals surface area contributed by atoms with Crippen molar-refractivity contribution >= 4 is 16.5 Å². The fraction of sp³-hybridized carbons (Fsp3) is 0. The highest BCUT2D eigenvalue weighted by Gasteiger charge is 2.33. The fourth-order valence-corrected chi connectivity index (χ4v) is 7.43. The molecule has 2 N–H and O–H groups in total. The molecule has 1 aromatic heterocycles.